The van der Waals surface area contributed by atoms with Crippen LogP contribution in [0.4, 0.5) is 5.82 Å². The third-order valence-corrected chi connectivity index (χ3v) is 4.80. The predicted octanol–water partition coefficient (Wildman–Crippen LogP) is 2.54. The Balaban J connectivity index is 1.93. The molecule has 2 heterocycles. The Morgan fingerprint density at radius 2 is 2.11 bits per heavy atom. The van der Waals surface area contributed by atoms with Crippen molar-refractivity contribution in [2.75, 3.05) is 32.5 Å². The summed E-state index contributed by atoms with van der Waals surface area (Å²) in [7, 11) is 4.17. The Labute approximate surface area is 117 Å². The predicted molar refractivity (Wildman–Crippen MR) is 81.1 cm³/mol. The minimum Gasteiger partial charge on any atom is -0.368 e. The van der Waals surface area contributed by atoms with Crippen molar-refractivity contribution in [3.63, 3.8) is 0 Å². The highest BCUT2D eigenvalue weighted by Crippen LogP contribution is 2.37. The van der Waals surface area contributed by atoms with Gasteiger partial charge in [-0.1, -0.05) is 0 Å². The highest BCUT2D eigenvalue weighted by Gasteiger charge is 2.19. The van der Waals surface area contributed by atoms with Crippen molar-refractivity contribution in [3.05, 3.63) is 16.8 Å². The molecular weight excluding hydrogens is 256 g/mol. The summed E-state index contributed by atoms with van der Waals surface area (Å²) in [5.74, 6) is 1.02. The minimum absolute atomic E-state index is 0.920. The second kappa shape index (κ2) is 5.43. The molecule has 102 valence electrons. The molecule has 0 aliphatic heterocycles. The quantitative estimate of drug-likeness (QED) is 0.932. The van der Waals surface area contributed by atoms with Gasteiger partial charge in [-0.2, -0.15) is 0 Å². The number of likely N-dealkylation sites (N-methyl/N-ethyl adjacent to an activating group) is 1. The third-order valence-electron chi connectivity index (χ3n) is 3.60. The summed E-state index contributed by atoms with van der Waals surface area (Å²) < 4.78 is 0. The van der Waals surface area contributed by atoms with Crippen molar-refractivity contribution in [3.8, 4) is 0 Å². The Morgan fingerprint density at radius 1 is 1.26 bits per heavy atom. The van der Waals surface area contributed by atoms with E-state index in [1.54, 1.807) is 6.33 Å². The maximum absolute atomic E-state index is 4.45. The van der Waals surface area contributed by atoms with Crippen LogP contribution in [0, 0.1) is 0 Å². The molecule has 3 rings (SSSR count). The lowest BCUT2D eigenvalue weighted by atomic mass is 9.97. The van der Waals surface area contributed by atoms with E-state index >= 15 is 0 Å². The van der Waals surface area contributed by atoms with E-state index in [1.165, 1.54) is 41.5 Å². The number of fused-ring (bicyclic) bond motifs is 3. The van der Waals surface area contributed by atoms with Crippen LogP contribution in [0.2, 0.25) is 0 Å². The number of nitrogens with one attached hydrogen (secondary N) is 1. The smallest absolute Gasteiger partial charge is 0.138 e. The number of nitrogens with zero attached hydrogens (tertiary/aromatic N) is 3. The first-order chi connectivity index (χ1) is 9.25. The van der Waals surface area contributed by atoms with Crippen molar-refractivity contribution >= 4 is 27.4 Å². The largest absolute Gasteiger partial charge is 0.368 e. The summed E-state index contributed by atoms with van der Waals surface area (Å²) in [5, 5.41) is 4.75. The van der Waals surface area contributed by atoms with E-state index in [0.29, 0.717) is 0 Å². The number of rotatable bonds is 4. The van der Waals surface area contributed by atoms with E-state index < -0.39 is 0 Å². The summed E-state index contributed by atoms with van der Waals surface area (Å²) in [6, 6.07) is 0. The topological polar surface area (TPSA) is 41.0 Å². The number of anilines is 1. The van der Waals surface area contributed by atoms with Crippen molar-refractivity contribution in [2.24, 2.45) is 0 Å². The third kappa shape index (κ3) is 2.58. The van der Waals surface area contributed by atoms with Crippen LogP contribution in [0.1, 0.15) is 23.3 Å². The zero-order chi connectivity index (χ0) is 13.2. The maximum Gasteiger partial charge on any atom is 0.138 e. The van der Waals surface area contributed by atoms with Crippen LogP contribution >= 0.6 is 11.3 Å². The monoisotopic (exact) mass is 276 g/mol. The number of aromatic nitrogens is 2. The fourth-order valence-corrected chi connectivity index (χ4v) is 3.85. The van der Waals surface area contributed by atoms with Gasteiger partial charge in [-0.25, -0.2) is 9.97 Å². The van der Waals surface area contributed by atoms with E-state index in [4.69, 9.17) is 0 Å². The van der Waals surface area contributed by atoms with Crippen LogP contribution in [0.5, 0.6) is 0 Å². The van der Waals surface area contributed by atoms with Crippen molar-refractivity contribution < 1.29 is 0 Å². The molecule has 19 heavy (non-hydrogen) atoms. The summed E-state index contributed by atoms with van der Waals surface area (Å²) in [5.41, 5.74) is 1.50. The average Bonchev–Trinajstić information content (AvgIpc) is 2.77. The first-order valence-corrected chi connectivity index (χ1v) is 7.71. The summed E-state index contributed by atoms with van der Waals surface area (Å²) in [4.78, 5) is 13.7. The lowest BCUT2D eigenvalue weighted by molar-refractivity contribution is 0.425. The summed E-state index contributed by atoms with van der Waals surface area (Å²) >= 11 is 1.85. The van der Waals surface area contributed by atoms with Gasteiger partial charge in [0.2, 0.25) is 0 Å². The molecule has 0 atom stereocenters. The summed E-state index contributed by atoms with van der Waals surface area (Å²) in [6.07, 6.45) is 6.70. The Hall–Kier alpha value is -1.20. The summed E-state index contributed by atoms with van der Waals surface area (Å²) in [6.45, 7) is 1.93. The van der Waals surface area contributed by atoms with Gasteiger partial charge in [-0.05, 0) is 45.3 Å². The highest BCUT2D eigenvalue weighted by molar-refractivity contribution is 7.19. The molecule has 0 radical (unpaired) electrons. The maximum atomic E-state index is 4.45. The molecule has 4 nitrogen and oxygen atoms in total. The van der Waals surface area contributed by atoms with Crippen molar-refractivity contribution in [2.45, 2.75) is 25.7 Å². The lowest BCUT2D eigenvalue weighted by Gasteiger charge is -2.13. The van der Waals surface area contributed by atoms with Gasteiger partial charge < -0.3 is 10.2 Å². The average molecular weight is 276 g/mol. The van der Waals surface area contributed by atoms with E-state index in [0.717, 1.165) is 23.7 Å². The first kappa shape index (κ1) is 12.8. The minimum atomic E-state index is 0.920. The Morgan fingerprint density at radius 3 is 2.95 bits per heavy atom. The van der Waals surface area contributed by atoms with Gasteiger partial charge in [0.1, 0.15) is 17.0 Å². The fourth-order valence-electron chi connectivity index (χ4n) is 2.62. The molecule has 5 heteroatoms. The van der Waals surface area contributed by atoms with Gasteiger partial charge in [-0.3, -0.25) is 0 Å². The second-order valence-electron chi connectivity index (χ2n) is 5.34. The number of hydrogen-bond acceptors (Lipinski definition) is 5. The molecule has 1 aliphatic carbocycles. The van der Waals surface area contributed by atoms with Crippen LogP contribution < -0.4 is 5.32 Å². The molecule has 0 fully saturated rings. The second-order valence-corrected chi connectivity index (χ2v) is 6.43. The van der Waals surface area contributed by atoms with Crippen LogP contribution in [0.15, 0.2) is 6.33 Å². The zero-order valence-corrected chi connectivity index (χ0v) is 12.4. The van der Waals surface area contributed by atoms with Gasteiger partial charge >= 0.3 is 0 Å². The zero-order valence-electron chi connectivity index (χ0n) is 11.6. The molecule has 1 N–H and O–H groups in total. The molecule has 0 spiro atoms. The molecule has 0 saturated heterocycles. The van der Waals surface area contributed by atoms with Gasteiger partial charge in [0.25, 0.3) is 0 Å². The van der Waals surface area contributed by atoms with Gasteiger partial charge in [0.05, 0.1) is 5.39 Å². The van der Waals surface area contributed by atoms with Gasteiger partial charge in [0.15, 0.2) is 0 Å². The van der Waals surface area contributed by atoms with Crippen LogP contribution in [-0.2, 0) is 12.8 Å². The standard InChI is InChI=1S/C14H20N4S/c1-18(2)8-7-15-13-12-10-5-3-4-6-11(10)19-14(12)17-9-16-13/h9H,3-8H2,1-2H3,(H,15,16,17). The molecule has 1 aliphatic rings. The van der Waals surface area contributed by atoms with E-state index in [2.05, 4.69) is 34.3 Å². The molecule has 0 aromatic carbocycles. The van der Waals surface area contributed by atoms with Gasteiger partial charge in [0, 0.05) is 18.0 Å². The van der Waals surface area contributed by atoms with Crippen molar-refractivity contribution in [1.29, 1.82) is 0 Å². The lowest BCUT2D eigenvalue weighted by Crippen LogP contribution is -2.21. The van der Waals surface area contributed by atoms with Gasteiger partial charge in [-0.15, -0.1) is 11.3 Å². The first-order valence-electron chi connectivity index (χ1n) is 6.89. The Kier molecular flexibility index (Phi) is 3.66. The van der Waals surface area contributed by atoms with Crippen LogP contribution in [0.25, 0.3) is 10.2 Å². The fraction of sp³-hybridized carbons (Fsp3) is 0.571. The molecule has 2 aromatic heterocycles. The molecule has 2 aromatic rings. The van der Waals surface area contributed by atoms with Crippen LogP contribution in [-0.4, -0.2) is 42.1 Å². The highest BCUT2D eigenvalue weighted by atomic mass is 32.1. The number of aryl methyl sites for hydroxylation is 2. The molecule has 0 amide bonds. The van der Waals surface area contributed by atoms with Crippen LogP contribution in [0.3, 0.4) is 0 Å². The van der Waals surface area contributed by atoms with E-state index in [-0.39, 0.29) is 0 Å². The SMILES string of the molecule is CN(C)CCNc1ncnc2sc3c(c12)CCCC3. The van der Waals surface area contributed by atoms with E-state index in [9.17, 15) is 0 Å². The molecule has 0 unspecified atom stereocenters. The van der Waals surface area contributed by atoms with Crippen molar-refractivity contribution in [1.82, 2.24) is 14.9 Å². The number of thiophene rings is 1. The molecular formula is C14H20N4S. The Bertz CT molecular complexity index is 576. The van der Waals surface area contributed by atoms with E-state index in [1.807, 2.05) is 11.3 Å². The molecule has 0 bridgehead atoms. The number of hydrogen-bond donors (Lipinski definition) is 1. The normalized spacial score (nSPS) is 14.9. The molecule has 0 saturated carbocycles.